The van der Waals surface area contributed by atoms with Crippen molar-refractivity contribution in [2.45, 2.75) is 44.4 Å². The number of nitrogens with zero attached hydrogens (tertiary/aromatic N) is 1. The van der Waals surface area contributed by atoms with E-state index in [1.54, 1.807) is 11.8 Å². The van der Waals surface area contributed by atoms with Crippen LogP contribution >= 0.6 is 11.8 Å². The number of carbonyl (C=O) groups is 2. The predicted molar refractivity (Wildman–Crippen MR) is 106 cm³/mol. The van der Waals surface area contributed by atoms with Gasteiger partial charge in [-0.25, -0.2) is 0 Å². The van der Waals surface area contributed by atoms with Crippen LogP contribution in [0.4, 0.5) is 0 Å². The fourth-order valence-corrected chi connectivity index (χ4v) is 3.18. The molecule has 0 spiro atoms. The summed E-state index contributed by atoms with van der Waals surface area (Å²) in [5, 5.41) is 0. The third-order valence-corrected chi connectivity index (χ3v) is 4.85. The Morgan fingerprint density at radius 3 is 2.72 bits per heavy atom. The minimum absolute atomic E-state index is 0.00232. The first-order valence-corrected chi connectivity index (χ1v) is 9.66. The first-order chi connectivity index (χ1) is 12.1. The van der Waals surface area contributed by atoms with Gasteiger partial charge in [0.25, 0.3) is 0 Å². The molecule has 0 saturated carbocycles. The fourth-order valence-electron chi connectivity index (χ4n) is 2.28. The van der Waals surface area contributed by atoms with Crippen LogP contribution in [-0.2, 0) is 9.59 Å². The molecular formula is C21H27NO2S. The second-order valence-electron chi connectivity index (χ2n) is 5.82. The average molecular weight is 358 g/mol. The van der Waals surface area contributed by atoms with Crippen LogP contribution in [0.25, 0.3) is 6.08 Å². The zero-order valence-corrected chi connectivity index (χ0v) is 16.0. The summed E-state index contributed by atoms with van der Waals surface area (Å²) in [6.45, 7) is 4.48. The maximum Gasteiger partial charge on any atom is 0.223 e. The Labute approximate surface area is 155 Å². The zero-order chi connectivity index (χ0) is 18.5. The van der Waals surface area contributed by atoms with Crippen LogP contribution < -0.4 is 0 Å². The van der Waals surface area contributed by atoms with Crippen LogP contribution in [0.5, 0.6) is 0 Å². The SMILES string of the molecule is C#CCN(C/C=C/c1ccccc1SCCC)C(=O)CCCC(C)=O. The first kappa shape index (κ1) is 21.1. The van der Waals surface area contributed by atoms with Crippen LogP contribution in [0, 0.1) is 12.3 Å². The largest absolute Gasteiger partial charge is 0.328 e. The molecule has 3 nitrogen and oxygen atoms in total. The Morgan fingerprint density at radius 1 is 1.28 bits per heavy atom. The molecule has 0 unspecified atom stereocenters. The average Bonchev–Trinajstić information content (AvgIpc) is 2.59. The highest BCUT2D eigenvalue weighted by Gasteiger charge is 2.11. The topological polar surface area (TPSA) is 37.4 Å². The molecule has 0 saturated heterocycles. The van der Waals surface area contributed by atoms with Crippen LogP contribution in [0.15, 0.2) is 35.2 Å². The molecule has 25 heavy (non-hydrogen) atoms. The summed E-state index contributed by atoms with van der Waals surface area (Å²) in [5.41, 5.74) is 1.16. The van der Waals surface area contributed by atoms with E-state index in [9.17, 15) is 9.59 Å². The monoisotopic (exact) mass is 357 g/mol. The van der Waals surface area contributed by atoms with Gasteiger partial charge in [-0.2, -0.15) is 0 Å². The van der Waals surface area contributed by atoms with Crippen LogP contribution in [0.1, 0.15) is 45.1 Å². The number of benzene rings is 1. The number of ketones is 1. The number of amides is 1. The Balaban J connectivity index is 2.64. The fraction of sp³-hybridized carbons (Fsp3) is 0.429. The number of thioether (sulfide) groups is 1. The van der Waals surface area contributed by atoms with Gasteiger partial charge in [0, 0.05) is 24.3 Å². The first-order valence-electron chi connectivity index (χ1n) is 8.67. The molecule has 1 aromatic rings. The van der Waals surface area contributed by atoms with Crippen molar-refractivity contribution in [1.29, 1.82) is 0 Å². The summed E-state index contributed by atoms with van der Waals surface area (Å²) in [6.07, 6.45) is 11.9. The normalized spacial score (nSPS) is 10.6. The van der Waals surface area contributed by atoms with Crippen LogP contribution in [0.2, 0.25) is 0 Å². The van der Waals surface area contributed by atoms with Gasteiger partial charge in [0.2, 0.25) is 5.91 Å². The molecular weight excluding hydrogens is 330 g/mol. The van der Waals surface area contributed by atoms with Crippen molar-refractivity contribution in [3.8, 4) is 12.3 Å². The zero-order valence-electron chi connectivity index (χ0n) is 15.2. The Hall–Kier alpha value is -1.99. The van der Waals surface area contributed by atoms with E-state index >= 15 is 0 Å². The Bertz CT molecular complexity index is 631. The summed E-state index contributed by atoms with van der Waals surface area (Å²) >= 11 is 1.84. The van der Waals surface area contributed by atoms with Crippen LogP contribution in [-0.4, -0.2) is 35.4 Å². The number of hydrogen-bond donors (Lipinski definition) is 0. The molecule has 0 fully saturated rings. The highest BCUT2D eigenvalue weighted by Crippen LogP contribution is 2.24. The van der Waals surface area contributed by atoms with Crippen molar-refractivity contribution >= 4 is 29.5 Å². The van der Waals surface area contributed by atoms with Crippen molar-refractivity contribution in [2.75, 3.05) is 18.8 Å². The number of terminal acetylenes is 1. The molecule has 0 N–H and O–H groups in total. The quantitative estimate of drug-likeness (QED) is 0.434. The highest BCUT2D eigenvalue weighted by molar-refractivity contribution is 7.99. The summed E-state index contributed by atoms with van der Waals surface area (Å²) < 4.78 is 0. The van der Waals surface area contributed by atoms with E-state index in [-0.39, 0.29) is 18.2 Å². The van der Waals surface area contributed by atoms with E-state index in [1.165, 1.54) is 4.90 Å². The van der Waals surface area contributed by atoms with E-state index in [2.05, 4.69) is 25.0 Å². The van der Waals surface area contributed by atoms with E-state index in [4.69, 9.17) is 6.42 Å². The van der Waals surface area contributed by atoms with Gasteiger partial charge >= 0.3 is 0 Å². The van der Waals surface area contributed by atoms with Crippen molar-refractivity contribution in [2.24, 2.45) is 0 Å². The van der Waals surface area contributed by atoms with E-state index in [1.807, 2.05) is 36.0 Å². The summed E-state index contributed by atoms with van der Waals surface area (Å²) in [4.78, 5) is 26.1. The molecule has 0 aliphatic carbocycles. The molecule has 0 bridgehead atoms. The molecule has 1 rings (SSSR count). The molecule has 134 valence electrons. The minimum atomic E-state index is -0.00232. The van der Waals surface area contributed by atoms with Crippen molar-refractivity contribution in [3.05, 3.63) is 35.9 Å². The second kappa shape index (κ2) is 12.4. The number of hydrogen-bond acceptors (Lipinski definition) is 3. The molecule has 0 aliphatic heterocycles. The lowest BCUT2D eigenvalue weighted by atomic mass is 10.1. The van der Waals surface area contributed by atoms with E-state index in [0.29, 0.717) is 25.8 Å². The Kier molecular flexibility index (Phi) is 10.4. The third kappa shape index (κ3) is 8.60. The van der Waals surface area contributed by atoms with Gasteiger partial charge in [-0.1, -0.05) is 43.2 Å². The molecule has 1 amide bonds. The maximum absolute atomic E-state index is 12.2. The van der Waals surface area contributed by atoms with Gasteiger partial charge in [0.15, 0.2) is 0 Å². The molecule has 0 radical (unpaired) electrons. The lowest BCUT2D eigenvalue weighted by Gasteiger charge is -2.18. The number of rotatable bonds is 11. The summed E-state index contributed by atoms with van der Waals surface area (Å²) in [5.74, 6) is 3.73. The van der Waals surface area contributed by atoms with Gasteiger partial charge in [-0.3, -0.25) is 4.79 Å². The standard InChI is InChI=1S/C21H27NO2S/c1-4-15-22(21(24)14-8-10-18(3)23)16-9-12-19-11-6-7-13-20(19)25-17-5-2/h1,6-7,9,11-13H,5,8,10,14-17H2,2-3H3/b12-9+. The lowest BCUT2D eigenvalue weighted by Crippen LogP contribution is -2.31. The van der Waals surface area contributed by atoms with Crippen LogP contribution in [0.3, 0.4) is 0 Å². The number of carbonyl (C=O) groups excluding carboxylic acids is 2. The molecule has 0 aromatic heterocycles. The van der Waals surface area contributed by atoms with Gasteiger partial charge < -0.3 is 9.69 Å². The molecule has 0 atom stereocenters. The smallest absolute Gasteiger partial charge is 0.223 e. The predicted octanol–water partition coefficient (Wildman–Crippen LogP) is 4.42. The highest BCUT2D eigenvalue weighted by atomic mass is 32.2. The van der Waals surface area contributed by atoms with Crippen molar-refractivity contribution < 1.29 is 9.59 Å². The summed E-state index contributed by atoms with van der Waals surface area (Å²) in [7, 11) is 0. The molecule has 0 heterocycles. The molecule has 1 aromatic carbocycles. The van der Waals surface area contributed by atoms with Crippen molar-refractivity contribution in [3.63, 3.8) is 0 Å². The maximum atomic E-state index is 12.2. The Morgan fingerprint density at radius 2 is 2.04 bits per heavy atom. The molecule has 4 heteroatoms. The van der Waals surface area contributed by atoms with E-state index < -0.39 is 0 Å². The summed E-state index contributed by atoms with van der Waals surface area (Å²) in [6, 6.07) is 8.25. The van der Waals surface area contributed by atoms with Gasteiger partial charge in [-0.05, 0) is 37.1 Å². The van der Waals surface area contributed by atoms with E-state index in [0.717, 1.165) is 17.7 Å². The third-order valence-electron chi connectivity index (χ3n) is 3.56. The number of Topliss-reactive ketones (excluding diaryl/α,β-unsaturated/α-hetero) is 1. The van der Waals surface area contributed by atoms with Crippen molar-refractivity contribution in [1.82, 2.24) is 4.90 Å². The minimum Gasteiger partial charge on any atom is -0.328 e. The van der Waals surface area contributed by atoms with Gasteiger partial charge in [-0.15, -0.1) is 18.2 Å². The molecule has 0 aliphatic rings. The van der Waals surface area contributed by atoms with Gasteiger partial charge in [0.05, 0.1) is 6.54 Å². The second-order valence-corrected chi connectivity index (χ2v) is 6.96. The van der Waals surface area contributed by atoms with Gasteiger partial charge in [0.1, 0.15) is 5.78 Å². The lowest BCUT2D eigenvalue weighted by molar-refractivity contribution is -0.130.